The predicted molar refractivity (Wildman–Crippen MR) is 216 cm³/mol. The number of non-ortho nitro benzene ring substituents is 1. The van der Waals surface area contributed by atoms with Crippen LogP contribution in [0.2, 0.25) is 0 Å². The Balaban J connectivity index is 1.56. The van der Waals surface area contributed by atoms with Gasteiger partial charge in [-0.3, -0.25) is 10.1 Å². The van der Waals surface area contributed by atoms with Gasteiger partial charge in [-0.05, 0) is 121 Å². The van der Waals surface area contributed by atoms with Crippen LogP contribution >= 0.6 is 0 Å². The number of nitrogens with zero attached hydrogens (tertiary/aromatic N) is 5. The van der Waals surface area contributed by atoms with Crippen molar-refractivity contribution in [3.63, 3.8) is 0 Å². The third-order valence-electron chi connectivity index (χ3n) is 11.0. The summed E-state index contributed by atoms with van der Waals surface area (Å²) >= 11 is 0. The molecule has 0 amide bonds. The molecule has 4 N–H and O–H groups in total. The van der Waals surface area contributed by atoms with E-state index >= 15 is 0 Å². The Hall–Kier alpha value is -5.39. The van der Waals surface area contributed by atoms with Crippen molar-refractivity contribution >= 4 is 23.3 Å². The summed E-state index contributed by atoms with van der Waals surface area (Å²) in [6, 6.07) is 9.22. The second-order valence-corrected chi connectivity index (χ2v) is 17.7. The van der Waals surface area contributed by atoms with Crippen LogP contribution in [0.25, 0.3) is 0 Å². The van der Waals surface area contributed by atoms with Crippen LogP contribution < -0.4 is 4.74 Å². The number of phenolic OH excluding ortho intramolecular Hbond substituents is 1. The van der Waals surface area contributed by atoms with Gasteiger partial charge in [0.2, 0.25) is 11.5 Å². The van der Waals surface area contributed by atoms with Crippen LogP contribution in [0.3, 0.4) is 0 Å². The molecule has 17 heteroatoms. The number of aromatic hydroxyl groups is 1. The fraction of sp³-hybridized carbons (Fsp3) is 0.558. The number of unbranched alkanes of at least 4 members (excludes halogenated alkanes) is 2. The number of ether oxygens (including phenoxy) is 3. The van der Waals surface area contributed by atoms with Gasteiger partial charge in [-0.25, -0.2) is 14.3 Å². The molecule has 1 saturated carbocycles. The molecule has 1 fully saturated rings. The van der Waals surface area contributed by atoms with E-state index in [1.165, 1.54) is 18.2 Å². The van der Waals surface area contributed by atoms with E-state index in [1.54, 1.807) is 65.8 Å². The molecule has 2 heterocycles. The molecule has 2 aromatic carbocycles. The Morgan fingerprint density at radius 1 is 0.967 bits per heavy atom. The van der Waals surface area contributed by atoms with Gasteiger partial charge in [0.25, 0.3) is 5.69 Å². The zero-order valence-corrected chi connectivity index (χ0v) is 34.9. The first kappa shape index (κ1) is 44.2. The fourth-order valence-corrected chi connectivity index (χ4v) is 8.60. The van der Waals surface area contributed by atoms with Crippen LogP contribution in [-0.4, -0.2) is 88.2 Å². The molecule has 3 aromatic rings. The molecule has 0 spiro atoms. The zero-order valence-electron chi connectivity index (χ0n) is 34.9. The van der Waals surface area contributed by atoms with E-state index in [-0.39, 0.29) is 55.2 Å². The summed E-state index contributed by atoms with van der Waals surface area (Å²) in [4.78, 5) is 44.6. The summed E-state index contributed by atoms with van der Waals surface area (Å²) in [6.07, 6.45) is 5.69. The maximum atomic E-state index is 14.2. The number of esters is 2. The molecule has 0 saturated heterocycles. The van der Waals surface area contributed by atoms with Gasteiger partial charge >= 0.3 is 11.9 Å². The van der Waals surface area contributed by atoms with E-state index in [9.17, 15) is 40.1 Å². The molecule has 1 aromatic heterocycles. The fourth-order valence-electron chi connectivity index (χ4n) is 8.60. The lowest BCUT2D eigenvalue weighted by Gasteiger charge is -2.56. The largest absolute Gasteiger partial charge is 0.508 e. The first-order valence-corrected chi connectivity index (χ1v) is 20.4. The molecule has 17 nitrogen and oxygen atoms in total. The van der Waals surface area contributed by atoms with Crippen LogP contribution in [0.15, 0.2) is 59.3 Å². The van der Waals surface area contributed by atoms with Crippen molar-refractivity contribution in [3.8, 4) is 11.5 Å². The van der Waals surface area contributed by atoms with Gasteiger partial charge in [-0.15, -0.1) is 5.10 Å². The van der Waals surface area contributed by atoms with E-state index in [4.69, 9.17) is 19.0 Å². The Morgan fingerprint density at radius 2 is 1.62 bits per heavy atom. The maximum Gasteiger partial charge on any atom is 0.362 e. The molecule has 1 aliphatic heterocycles. The summed E-state index contributed by atoms with van der Waals surface area (Å²) in [5.41, 5.74) is -0.635. The molecule has 3 aliphatic rings. The van der Waals surface area contributed by atoms with Crippen molar-refractivity contribution in [2.45, 2.75) is 122 Å². The number of nitro benzene ring substituents is 1. The van der Waals surface area contributed by atoms with E-state index in [1.807, 2.05) is 0 Å². The number of hydrogen-bond acceptors (Lipinski definition) is 15. The zero-order chi connectivity index (χ0) is 43.6. The molecule has 6 atom stereocenters. The molecule has 324 valence electrons. The van der Waals surface area contributed by atoms with Gasteiger partial charge in [0.1, 0.15) is 35.3 Å². The SMILES string of the molecule is CC(C)(C)OC(=O)c1nnn(C2CC(=NOCc3ccc([N+](=O)[O-])cc3)C3=CC(CCCCO)C(CCCCO)C4c5cc(O)ccc5OC2(O)C34)c1C(=O)OC(C)(C)C. The molecule has 60 heavy (non-hydrogen) atoms. The average molecular weight is 834 g/mol. The smallest absolute Gasteiger partial charge is 0.362 e. The molecule has 2 aliphatic carbocycles. The Labute approximate surface area is 348 Å². The summed E-state index contributed by atoms with van der Waals surface area (Å²) in [5, 5.41) is 68.2. The van der Waals surface area contributed by atoms with Gasteiger partial charge in [0.15, 0.2) is 5.69 Å². The number of allylic oxidation sites excluding steroid dienone is 1. The van der Waals surface area contributed by atoms with Gasteiger partial charge in [0, 0.05) is 43.2 Å². The highest BCUT2D eigenvalue weighted by Crippen LogP contribution is 2.62. The lowest BCUT2D eigenvalue weighted by Crippen LogP contribution is -2.62. The van der Waals surface area contributed by atoms with Gasteiger partial charge in [-0.2, -0.15) is 0 Å². The van der Waals surface area contributed by atoms with Crippen molar-refractivity contribution in [1.29, 1.82) is 0 Å². The standard InChI is InChI=1S/C43H55N5O12/c1-41(2,3)59-39(52)37-38(40(53)60-42(4,5)6)47(46-44-37)34-23-32(45-57-24-25-13-15-27(16-14-25)48(55)56)30-21-26(11-7-9-19-49)29(12-8-10-20-50)35-31-22-28(51)17-18-33(31)58-43(34,54)36(30)35/h13-18,21-22,26,29,34-36,49-51,54H,7-12,19-20,23-24H2,1-6H3. The minimum absolute atomic E-state index is 0.00773. The number of fused-ring (bicyclic) bond motifs is 2. The second-order valence-electron chi connectivity index (χ2n) is 17.7. The molecule has 6 unspecified atom stereocenters. The van der Waals surface area contributed by atoms with E-state index < -0.39 is 57.4 Å². The number of rotatable bonds is 15. The molecule has 6 rings (SSSR count). The molecular weight excluding hydrogens is 778 g/mol. The average Bonchev–Trinajstić information content (AvgIpc) is 3.61. The number of aliphatic hydroxyl groups excluding tert-OH is 2. The summed E-state index contributed by atoms with van der Waals surface area (Å²) in [6.45, 7) is 9.95. The highest BCUT2D eigenvalue weighted by Gasteiger charge is 2.64. The van der Waals surface area contributed by atoms with E-state index in [0.717, 1.165) is 4.68 Å². The first-order valence-electron chi connectivity index (χ1n) is 20.4. The van der Waals surface area contributed by atoms with E-state index in [0.29, 0.717) is 66.7 Å². The summed E-state index contributed by atoms with van der Waals surface area (Å²) in [5.74, 6) is -5.49. The number of hydrogen-bond donors (Lipinski definition) is 4. The second kappa shape index (κ2) is 17.7. The maximum absolute atomic E-state index is 14.2. The van der Waals surface area contributed by atoms with Crippen molar-refractivity contribution in [2.24, 2.45) is 22.9 Å². The number of aromatic nitrogens is 3. The Morgan fingerprint density at radius 3 is 2.25 bits per heavy atom. The van der Waals surface area contributed by atoms with Crippen molar-refractivity contribution in [1.82, 2.24) is 15.0 Å². The highest BCUT2D eigenvalue weighted by molar-refractivity contribution is 6.03. The van der Waals surface area contributed by atoms with Gasteiger partial charge in [0.05, 0.1) is 16.6 Å². The summed E-state index contributed by atoms with van der Waals surface area (Å²) in [7, 11) is 0. The van der Waals surface area contributed by atoms with Crippen LogP contribution in [-0.2, 0) is 20.9 Å². The van der Waals surface area contributed by atoms with Crippen molar-refractivity contribution in [2.75, 3.05) is 13.2 Å². The number of phenols is 1. The van der Waals surface area contributed by atoms with Crippen LogP contribution in [0.5, 0.6) is 11.5 Å². The van der Waals surface area contributed by atoms with Crippen LogP contribution in [0, 0.1) is 27.9 Å². The van der Waals surface area contributed by atoms with Gasteiger partial charge in [-0.1, -0.05) is 29.3 Å². The minimum Gasteiger partial charge on any atom is -0.508 e. The van der Waals surface area contributed by atoms with Crippen molar-refractivity contribution < 1.29 is 54.0 Å². The monoisotopic (exact) mass is 833 g/mol. The van der Waals surface area contributed by atoms with Crippen LogP contribution in [0.4, 0.5) is 5.69 Å². The lowest BCUT2D eigenvalue weighted by atomic mass is 9.55. The lowest BCUT2D eigenvalue weighted by molar-refractivity contribution is -0.384. The first-order chi connectivity index (χ1) is 28.3. The number of carbonyl (C=O) groups is 2. The topological polar surface area (TPSA) is 238 Å². The Kier molecular flexibility index (Phi) is 13.0. The number of benzene rings is 2. The normalized spacial score (nSPS) is 24.1. The molecule has 0 bridgehead atoms. The minimum atomic E-state index is -2.18. The third kappa shape index (κ3) is 9.48. The highest BCUT2D eigenvalue weighted by atomic mass is 16.6. The van der Waals surface area contributed by atoms with Gasteiger partial charge < -0.3 is 39.5 Å². The molecular formula is C43H55N5O12. The number of nitro groups is 1. The molecule has 0 radical (unpaired) electrons. The number of carbonyl (C=O) groups excluding carboxylic acids is 2. The Bertz CT molecular complexity index is 2120. The predicted octanol–water partition coefficient (Wildman–Crippen LogP) is 6.30. The number of aliphatic hydroxyl groups is 3. The third-order valence-corrected chi connectivity index (χ3v) is 11.0. The van der Waals surface area contributed by atoms with E-state index in [2.05, 4.69) is 21.5 Å². The quantitative estimate of drug-likeness (QED) is 0.0569. The van der Waals surface area contributed by atoms with Crippen LogP contribution in [0.1, 0.15) is 131 Å². The van der Waals surface area contributed by atoms with Crippen molar-refractivity contribution in [3.05, 3.63) is 86.7 Å². The summed E-state index contributed by atoms with van der Waals surface area (Å²) < 4.78 is 19.2. The number of oxime groups is 1.